The zero-order chi connectivity index (χ0) is 18.7. The number of aryl methyl sites for hydroxylation is 1. The van der Waals surface area contributed by atoms with E-state index in [1.54, 1.807) is 19.3 Å². The summed E-state index contributed by atoms with van der Waals surface area (Å²) in [6, 6.07) is 5.75. The summed E-state index contributed by atoms with van der Waals surface area (Å²) < 4.78 is 3.84. The molecule has 2 bridgehead atoms. The van der Waals surface area contributed by atoms with Gasteiger partial charge in [0.25, 0.3) is 5.56 Å². The average Bonchev–Trinajstić information content (AvgIpc) is 3.03. The van der Waals surface area contributed by atoms with Crippen molar-refractivity contribution in [3.8, 4) is 11.3 Å². The first kappa shape index (κ1) is 16.2. The Labute approximate surface area is 156 Å². The molecule has 2 aliphatic heterocycles. The van der Waals surface area contributed by atoms with Crippen molar-refractivity contribution in [1.29, 1.82) is 0 Å². The molecule has 1 amide bonds. The van der Waals surface area contributed by atoms with E-state index in [1.807, 2.05) is 33.3 Å². The van der Waals surface area contributed by atoms with E-state index < -0.39 is 0 Å². The minimum Gasteiger partial charge on any atom is -0.342 e. The van der Waals surface area contributed by atoms with Crippen molar-refractivity contribution in [3.05, 3.63) is 46.8 Å². The van der Waals surface area contributed by atoms with Crippen LogP contribution in [0.15, 0.2) is 35.5 Å². The fourth-order valence-corrected chi connectivity index (χ4v) is 4.66. The Bertz CT molecular complexity index is 1130. The Morgan fingerprint density at radius 2 is 2.04 bits per heavy atom. The summed E-state index contributed by atoms with van der Waals surface area (Å²) in [7, 11) is 1.94. The highest BCUT2D eigenvalue weighted by atomic mass is 16.2. The second-order valence-corrected chi connectivity index (χ2v) is 7.73. The molecule has 0 spiro atoms. The van der Waals surface area contributed by atoms with Crippen molar-refractivity contribution >= 4 is 16.9 Å². The number of nitrogens with zero attached hydrogens (tertiary/aromatic N) is 5. The highest BCUT2D eigenvalue weighted by molar-refractivity contribution is 5.90. The van der Waals surface area contributed by atoms with Crippen molar-refractivity contribution in [2.24, 2.45) is 13.0 Å². The number of fused-ring (bicyclic) bond motifs is 5. The maximum absolute atomic E-state index is 12.9. The van der Waals surface area contributed by atoms with Crippen molar-refractivity contribution in [2.75, 3.05) is 13.1 Å². The predicted octanol–water partition coefficient (Wildman–Crippen LogP) is 1.76. The summed E-state index contributed by atoms with van der Waals surface area (Å²) in [5.74, 6) is 0.657. The van der Waals surface area contributed by atoms with E-state index >= 15 is 0 Å². The lowest BCUT2D eigenvalue weighted by Gasteiger charge is -2.42. The number of piperidine rings is 1. The fraction of sp³-hybridized carbons (Fsp3) is 0.400. The molecule has 1 fully saturated rings. The van der Waals surface area contributed by atoms with Gasteiger partial charge in [-0.25, -0.2) is 9.97 Å². The van der Waals surface area contributed by atoms with Crippen LogP contribution in [0.1, 0.15) is 25.0 Å². The van der Waals surface area contributed by atoms with E-state index in [0.29, 0.717) is 19.0 Å². The van der Waals surface area contributed by atoms with Gasteiger partial charge in [0.15, 0.2) is 0 Å². The lowest BCUT2D eigenvalue weighted by molar-refractivity contribution is -0.131. The van der Waals surface area contributed by atoms with Gasteiger partial charge in [-0.3, -0.25) is 9.59 Å². The van der Waals surface area contributed by atoms with Crippen LogP contribution in [0, 0.1) is 5.92 Å². The molecule has 3 aromatic rings. The highest BCUT2D eigenvalue weighted by Crippen LogP contribution is 2.37. The van der Waals surface area contributed by atoms with Gasteiger partial charge >= 0.3 is 0 Å². The Morgan fingerprint density at radius 1 is 1.19 bits per heavy atom. The third kappa shape index (κ3) is 2.49. The first-order valence-electron chi connectivity index (χ1n) is 9.28. The Kier molecular flexibility index (Phi) is 3.47. The molecule has 1 saturated heterocycles. The first-order chi connectivity index (χ1) is 13.0. The van der Waals surface area contributed by atoms with Crippen LogP contribution in [0.2, 0.25) is 0 Å². The van der Waals surface area contributed by atoms with Crippen LogP contribution in [0.25, 0.3) is 22.3 Å². The van der Waals surface area contributed by atoms with Gasteiger partial charge in [0.05, 0.1) is 5.69 Å². The standard InChI is InChI=1S/C20H21N5O2/c1-12(26)24-8-13-5-15(10-24)17-6-14(7-18(27)25(17)9-13)19-16-3-4-23(2)20(16)22-11-21-19/h3-4,6-7,11,13,15H,5,8-10H2,1-2H3/t13-,15+/m0/s1. The molecule has 7 heteroatoms. The molecule has 138 valence electrons. The zero-order valence-corrected chi connectivity index (χ0v) is 15.4. The molecular weight excluding hydrogens is 342 g/mol. The molecule has 0 saturated carbocycles. The maximum Gasteiger partial charge on any atom is 0.251 e. The van der Waals surface area contributed by atoms with E-state index in [0.717, 1.165) is 41.0 Å². The molecule has 0 unspecified atom stereocenters. The molecule has 2 aliphatic rings. The van der Waals surface area contributed by atoms with Gasteiger partial charge in [-0.1, -0.05) is 0 Å². The minimum atomic E-state index is 0.0103. The second-order valence-electron chi connectivity index (χ2n) is 7.73. The zero-order valence-electron chi connectivity index (χ0n) is 15.4. The van der Waals surface area contributed by atoms with Gasteiger partial charge in [-0.05, 0) is 24.5 Å². The number of rotatable bonds is 1. The average molecular weight is 363 g/mol. The molecule has 27 heavy (non-hydrogen) atoms. The first-order valence-corrected chi connectivity index (χ1v) is 9.28. The predicted molar refractivity (Wildman–Crippen MR) is 101 cm³/mol. The van der Waals surface area contributed by atoms with Gasteiger partial charge in [0.1, 0.15) is 12.0 Å². The third-order valence-electron chi connectivity index (χ3n) is 5.94. The number of aromatic nitrogens is 4. The molecule has 5 heterocycles. The maximum atomic E-state index is 12.9. The fourth-order valence-electron chi connectivity index (χ4n) is 4.66. The topological polar surface area (TPSA) is 73.0 Å². The number of pyridine rings is 1. The van der Waals surface area contributed by atoms with E-state index in [4.69, 9.17) is 0 Å². The summed E-state index contributed by atoms with van der Waals surface area (Å²) >= 11 is 0. The summed E-state index contributed by atoms with van der Waals surface area (Å²) in [5.41, 5.74) is 3.47. The molecule has 0 radical (unpaired) electrons. The van der Waals surface area contributed by atoms with Crippen LogP contribution in [0.4, 0.5) is 0 Å². The lowest BCUT2D eigenvalue weighted by atomic mass is 9.82. The van der Waals surface area contributed by atoms with E-state index in [1.165, 1.54) is 0 Å². The number of likely N-dealkylation sites (tertiary alicyclic amines) is 1. The van der Waals surface area contributed by atoms with Crippen LogP contribution in [0.3, 0.4) is 0 Å². The normalized spacial score (nSPS) is 21.3. The molecule has 3 aromatic heterocycles. The Hall–Kier alpha value is -2.96. The quantitative estimate of drug-likeness (QED) is 0.660. The highest BCUT2D eigenvalue weighted by Gasteiger charge is 2.35. The summed E-state index contributed by atoms with van der Waals surface area (Å²) in [4.78, 5) is 35.5. The Balaban J connectivity index is 1.65. The molecule has 0 aliphatic carbocycles. The monoisotopic (exact) mass is 363 g/mol. The van der Waals surface area contributed by atoms with Crippen molar-refractivity contribution in [3.63, 3.8) is 0 Å². The summed E-state index contributed by atoms with van der Waals surface area (Å²) in [6.07, 6.45) is 4.52. The van der Waals surface area contributed by atoms with Gasteiger partial charge in [0.2, 0.25) is 5.91 Å². The molecule has 2 atom stereocenters. The summed E-state index contributed by atoms with van der Waals surface area (Å²) in [5, 5.41) is 0.937. The largest absolute Gasteiger partial charge is 0.342 e. The molecule has 5 rings (SSSR count). The van der Waals surface area contributed by atoms with Crippen LogP contribution >= 0.6 is 0 Å². The number of hydrogen-bond acceptors (Lipinski definition) is 4. The molecule has 0 aromatic carbocycles. The van der Waals surface area contributed by atoms with Crippen molar-refractivity contribution in [2.45, 2.75) is 25.8 Å². The van der Waals surface area contributed by atoms with E-state index in [2.05, 4.69) is 16.0 Å². The molecule has 7 nitrogen and oxygen atoms in total. The molecule has 0 N–H and O–H groups in total. The van der Waals surface area contributed by atoms with Crippen molar-refractivity contribution < 1.29 is 4.79 Å². The van der Waals surface area contributed by atoms with Crippen LogP contribution in [-0.2, 0) is 18.4 Å². The third-order valence-corrected chi connectivity index (χ3v) is 5.94. The van der Waals surface area contributed by atoms with E-state index in [9.17, 15) is 9.59 Å². The van der Waals surface area contributed by atoms with Crippen LogP contribution < -0.4 is 5.56 Å². The Morgan fingerprint density at radius 3 is 2.85 bits per heavy atom. The SMILES string of the molecule is CC(=O)N1C[C@@H]2C[C@H](C1)c1cc(-c3ncnc4c3ccn4C)cc(=O)n1C2. The van der Waals surface area contributed by atoms with Gasteiger partial charge in [-0.2, -0.15) is 0 Å². The van der Waals surface area contributed by atoms with Crippen LogP contribution in [-0.4, -0.2) is 43.0 Å². The smallest absolute Gasteiger partial charge is 0.251 e. The number of carbonyl (C=O) groups is 1. The van der Waals surface area contributed by atoms with Crippen molar-refractivity contribution in [1.82, 2.24) is 24.0 Å². The number of hydrogen-bond donors (Lipinski definition) is 0. The van der Waals surface area contributed by atoms with Gasteiger partial charge in [0, 0.05) is 68.4 Å². The van der Waals surface area contributed by atoms with Gasteiger partial charge < -0.3 is 14.0 Å². The minimum absolute atomic E-state index is 0.0103. The number of amides is 1. The lowest BCUT2D eigenvalue weighted by Crippen LogP contribution is -2.48. The molecular formula is C20H21N5O2. The van der Waals surface area contributed by atoms with E-state index in [-0.39, 0.29) is 17.4 Å². The number of carbonyl (C=O) groups excluding carboxylic acids is 1. The second kappa shape index (κ2) is 5.77. The summed E-state index contributed by atoms with van der Waals surface area (Å²) in [6.45, 7) is 3.73. The van der Waals surface area contributed by atoms with Crippen LogP contribution in [0.5, 0.6) is 0 Å². The van der Waals surface area contributed by atoms with Gasteiger partial charge in [-0.15, -0.1) is 0 Å².